The molecule has 0 bridgehead atoms. The quantitative estimate of drug-likeness (QED) is 0.279. The Hall–Kier alpha value is -2.46. The average Bonchev–Trinajstić information content (AvgIpc) is 3.29. The first-order valence-corrected chi connectivity index (χ1v) is 11.1. The number of amides is 1. The van der Waals surface area contributed by atoms with Crippen LogP contribution in [-0.2, 0) is 21.9 Å². The fraction of sp³-hybridized carbons (Fsp3) is 0.211. The van der Waals surface area contributed by atoms with Gasteiger partial charge in [0, 0.05) is 4.88 Å². The van der Waals surface area contributed by atoms with Gasteiger partial charge in [-0.25, -0.2) is 15.2 Å². The van der Waals surface area contributed by atoms with Crippen LogP contribution < -0.4 is 5.43 Å². The molecule has 3 rings (SSSR count). The molecule has 1 aromatic carbocycles. The van der Waals surface area contributed by atoms with E-state index in [-0.39, 0.29) is 26.4 Å². The minimum atomic E-state index is -4.98. The van der Waals surface area contributed by atoms with Gasteiger partial charge < -0.3 is 10.2 Å². The van der Waals surface area contributed by atoms with Crippen LogP contribution in [0.5, 0.6) is 0 Å². The number of aliphatic carboxylic acids is 1. The molecular formula is C19H12F6N2O4S3. The van der Waals surface area contributed by atoms with Gasteiger partial charge >= 0.3 is 18.3 Å². The molecule has 1 amide bonds. The first kappa shape index (κ1) is 26.2. The SMILES string of the molecule is O=C(O)C(O)CNN1C(=O)/C(=C/c2cc(-c3cc(C(F)(F)F)cc(C(F)(F)F)c3)cs2)SC1=S. The highest BCUT2D eigenvalue weighted by Gasteiger charge is 2.37. The monoisotopic (exact) mass is 542 g/mol. The van der Waals surface area contributed by atoms with E-state index in [9.17, 15) is 41.0 Å². The van der Waals surface area contributed by atoms with Gasteiger partial charge in [-0.3, -0.25) is 4.79 Å². The number of nitrogens with zero attached hydrogens (tertiary/aromatic N) is 1. The van der Waals surface area contributed by atoms with Crippen molar-refractivity contribution >= 4 is 57.6 Å². The Morgan fingerprint density at radius 2 is 1.68 bits per heavy atom. The number of aliphatic hydroxyl groups is 1. The molecule has 2 heterocycles. The van der Waals surface area contributed by atoms with E-state index in [0.29, 0.717) is 17.0 Å². The second-order valence-electron chi connectivity index (χ2n) is 6.77. The van der Waals surface area contributed by atoms with Crippen molar-refractivity contribution in [1.29, 1.82) is 0 Å². The Balaban J connectivity index is 1.87. The summed E-state index contributed by atoms with van der Waals surface area (Å²) in [5.41, 5.74) is -0.705. The number of benzene rings is 1. The number of alkyl halides is 6. The first-order chi connectivity index (χ1) is 15.7. The Bertz CT molecular complexity index is 1140. The van der Waals surface area contributed by atoms with Gasteiger partial charge in [0.2, 0.25) is 0 Å². The summed E-state index contributed by atoms with van der Waals surface area (Å²) in [7, 11) is 0. The number of carboxylic acids is 1. The summed E-state index contributed by atoms with van der Waals surface area (Å²) in [6.45, 7) is -0.505. The van der Waals surface area contributed by atoms with Crippen LogP contribution in [-0.4, -0.2) is 44.1 Å². The summed E-state index contributed by atoms with van der Waals surface area (Å²) in [5, 5.41) is 20.2. The third-order valence-electron chi connectivity index (χ3n) is 4.34. The minimum absolute atomic E-state index is 0.0123. The van der Waals surface area contributed by atoms with Crippen LogP contribution in [0.1, 0.15) is 16.0 Å². The van der Waals surface area contributed by atoms with Gasteiger partial charge in [-0.05, 0) is 46.8 Å². The Kier molecular flexibility index (Phi) is 7.43. The summed E-state index contributed by atoms with van der Waals surface area (Å²) in [6.07, 6.45) is -10.4. The van der Waals surface area contributed by atoms with Crippen LogP contribution in [0.3, 0.4) is 0 Å². The summed E-state index contributed by atoms with van der Waals surface area (Å²) in [6, 6.07) is 2.58. The highest BCUT2D eigenvalue weighted by atomic mass is 32.2. The van der Waals surface area contributed by atoms with Gasteiger partial charge in [0.1, 0.15) is 0 Å². The van der Waals surface area contributed by atoms with Gasteiger partial charge in [-0.1, -0.05) is 24.0 Å². The number of carbonyl (C=O) groups is 2. The smallest absolute Gasteiger partial charge is 0.416 e. The number of thioether (sulfide) groups is 1. The fourth-order valence-corrected chi connectivity index (χ4v) is 4.83. The summed E-state index contributed by atoms with van der Waals surface area (Å²) < 4.78 is 78.7. The maximum atomic E-state index is 13.1. The number of hydrogen-bond donors (Lipinski definition) is 3. The number of nitrogens with one attached hydrogen (secondary N) is 1. The molecule has 6 nitrogen and oxygen atoms in total. The molecule has 15 heteroatoms. The van der Waals surface area contributed by atoms with E-state index in [1.165, 1.54) is 17.5 Å². The zero-order valence-corrected chi connectivity index (χ0v) is 18.8. The number of thiocarbonyl (C=S) groups is 1. The molecule has 0 aliphatic carbocycles. The second-order valence-corrected chi connectivity index (χ2v) is 9.38. The third kappa shape index (κ3) is 5.96. The molecule has 1 unspecified atom stereocenters. The van der Waals surface area contributed by atoms with Gasteiger partial charge in [0.05, 0.1) is 22.6 Å². The van der Waals surface area contributed by atoms with Crippen LogP contribution in [0.15, 0.2) is 34.6 Å². The van der Waals surface area contributed by atoms with E-state index in [1.54, 1.807) is 0 Å². The lowest BCUT2D eigenvalue weighted by Crippen LogP contribution is -2.46. The highest BCUT2D eigenvalue weighted by molar-refractivity contribution is 8.26. The second kappa shape index (κ2) is 9.65. The van der Waals surface area contributed by atoms with Crippen LogP contribution in [0.2, 0.25) is 0 Å². The van der Waals surface area contributed by atoms with Crippen molar-refractivity contribution in [2.24, 2.45) is 0 Å². The zero-order chi connectivity index (χ0) is 25.4. The normalized spacial score (nSPS) is 17.0. The van der Waals surface area contributed by atoms with Crippen LogP contribution >= 0.6 is 35.3 Å². The zero-order valence-electron chi connectivity index (χ0n) is 16.4. The van der Waals surface area contributed by atoms with Crippen LogP contribution in [0, 0.1) is 0 Å². The van der Waals surface area contributed by atoms with Gasteiger partial charge in [0.25, 0.3) is 5.91 Å². The Labute approximate surface area is 200 Å². The third-order valence-corrected chi connectivity index (χ3v) is 6.52. The molecule has 182 valence electrons. The van der Waals surface area contributed by atoms with Crippen molar-refractivity contribution in [3.63, 3.8) is 0 Å². The lowest BCUT2D eigenvalue weighted by molar-refractivity contribution is -0.147. The van der Waals surface area contributed by atoms with Crippen molar-refractivity contribution in [3.05, 3.63) is 50.6 Å². The lowest BCUT2D eigenvalue weighted by Gasteiger charge is -2.16. The van der Waals surface area contributed by atoms with E-state index in [1.807, 2.05) is 0 Å². The molecule has 3 N–H and O–H groups in total. The standard InChI is InChI=1S/C19H12F6N2O4S3/c20-18(21,22)10-1-8(2-11(4-10)19(23,24)25)9-3-12(33-7-9)5-14-15(29)27(17(32)34-14)26-6-13(28)16(30)31/h1-5,7,13,26,28H,6H2,(H,30,31)/b14-5-. The van der Waals surface area contributed by atoms with Crippen molar-refractivity contribution in [2.75, 3.05) is 6.54 Å². The first-order valence-electron chi connectivity index (χ1n) is 8.97. The van der Waals surface area contributed by atoms with E-state index in [4.69, 9.17) is 17.3 Å². The molecule has 0 radical (unpaired) electrons. The number of carbonyl (C=O) groups excluding carboxylic acids is 1. The lowest BCUT2D eigenvalue weighted by atomic mass is 10.0. The highest BCUT2D eigenvalue weighted by Crippen LogP contribution is 2.40. The summed E-state index contributed by atoms with van der Waals surface area (Å²) in [5.74, 6) is -2.18. The van der Waals surface area contributed by atoms with Crippen molar-refractivity contribution in [1.82, 2.24) is 10.4 Å². The van der Waals surface area contributed by atoms with Crippen molar-refractivity contribution < 1.29 is 46.1 Å². The predicted molar refractivity (Wildman–Crippen MR) is 116 cm³/mol. The molecule has 0 spiro atoms. The number of carboxylic acid groups (broad SMARTS) is 1. The molecule has 1 aliphatic heterocycles. The van der Waals surface area contributed by atoms with Crippen molar-refractivity contribution in [3.8, 4) is 11.1 Å². The van der Waals surface area contributed by atoms with Crippen LogP contribution in [0.25, 0.3) is 17.2 Å². The van der Waals surface area contributed by atoms with Crippen molar-refractivity contribution in [2.45, 2.75) is 18.5 Å². The topological polar surface area (TPSA) is 89.9 Å². The molecule has 34 heavy (non-hydrogen) atoms. The molecule has 2 aromatic rings. The average molecular weight is 543 g/mol. The van der Waals surface area contributed by atoms with E-state index >= 15 is 0 Å². The van der Waals surface area contributed by atoms with E-state index in [2.05, 4.69) is 5.43 Å². The molecule has 1 aromatic heterocycles. The number of rotatable bonds is 6. The van der Waals surface area contributed by atoms with Gasteiger partial charge in [-0.2, -0.15) is 26.3 Å². The number of aliphatic hydroxyl groups excluding tert-OH is 1. The molecule has 1 atom stereocenters. The van der Waals surface area contributed by atoms with E-state index < -0.39 is 48.0 Å². The summed E-state index contributed by atoms with van der Waals surface area (Å²) in [4.78, 5) is 23.6. The molecule has 1 saturated heterocycles. The number of thiophene rings is 1. The van der Waals surface area contributed by atoms with Gasteiger partial charge in [0.15, 0.2) is 10.4 Å². The molecular weight excluding hydrogens is 530 g/mol. The minimum Gasteiger partial charge on any atom is -0.479 e. The largest absolute Gasteiger partial charge is 0.479 e. The number of halogens is 6. The molecule has 1 fully saturated rings. The maximum absolute atomic E-state index is 13.1. The Morgan fingerprint density at radius 1 is 1.09 bits per heavy atom. The fourth-order valence-electron chi connectivity index (χ4n) is 2.70. The number of hydrogen-bond acceptors (Lipinski definition) is 7. The molecule has 0 saturated carbocycles. The van der Waals surface area contributed by atoms with Gasteiger partial charge in [-0.15, -0.1) is 11.3 Å². The van der Waals surface area contributed by atoms with Crippen LogP contribution in [0.4, 0.5) is 26.3 Å². The van der Waals surface area contributed by atoms with E-state index in [0.717, 1.165) is 28.1 Å². The molecule has 1 aliphatic rings. The maximum Gasteiger partial charge on any atom is 0.416 e. The summed E-state index contributed by atoms with van der Waals surface area (Å²) >= 11 is 6.85. The number of hydrazine groups is 1. The Morgan fingerprint density at radius 3 is 2.21 bits per heavy atom. The predicted octanol–water partition coefficient (Wildman–Crippen LogP) is 4.60.